The van der Waals surface area contributed by atoms with Gasteiger partial charge < -0.3 is 15.0 Å². The van der Waals surface area contributed by atoms with E-state index in [2.05, 4.69) is 15.4 Å². The molecule has 0 atom stereocenters. The van der Waals surface area contributed by atoms with Crippen molar-refractivity contribution in [1.29, 1.82) is 0 Å². The number of carbonyl (C=O) groups excluding carboxylic acids is 1. The number of carbonyl (C=O) groups is 1. The highest BCUT2D eigenvalue weighted by molar-refractivity contribution is 5.91. The highest BCUT2D eigenvalue weighted by Gasteiger charge is 2.09. The number of nitrogens with zero attached hydrogens (tertiary/aromatic N) is 2. The van der Waals surface area contributed by atoms with Crippen LogP contribution in [0.15, 0.2) is 35.4 Å². The lowest BCUT2D eigenvalue weighted by Gasteiger charge is -2.07. The van der Waals surface area contributed by atoms with Crippen LogP contribution >= 0.6 is 0 Å². The van der Waals surface area contributed by atoms with Gasteiger partial charge in [0.05, 0.1) is 13.2 Å². The van der Waals surface area contributed by atoms with Gasteiger partial charge >= 0.3 is 0 Å². The van der Waals surface area contributed by atoms with E-state index < -0.39 is 0 Å². The normalized spacial score (nSPS) is 10.4. The van der Waals surface area contributed by atoms with Gasteiger partial charge in [0, 0.05) is 32.1 Å². The first-order chi connectivity index (χ1) is 9.70. The summed E-state index contributed by atoms with van der Waals surface area (Å²) in [6.45, 7) is 1.08. The number of amides is 1. The molecule has 1 amide bonds. The van der Waals surface area contributed by atoms with Crippen molar-refractivity contribution >= 4 is 5.91 Å². The Morgan fingerprint density at radius 2 is 2.30 bits per heavy atom. The summed E-state index contributed by atoms with van der Waals surface area (Å²) in [5.74, 6) is -0.322. The maximum Gasteiger partial charge on any atom is 0.271 e. The maximum absolute atomic E-state index is 11.9. The SMILES string of the molecule is COCCn1nc(C(=O)NCc2cc[nH]c2)ccc1=O. The number of aromatic nitrogens is 3. The van der Waals surface area contributed by atoms with Crippen molar-refractivity contribution in [3.05, 3.63) is 52.2 Å². The van der Waals surface area contributed by atoms with Crippen LogP contribution in [0.4, 0.5) is 0 Å². The first-order valence-electron chi connectivity index (χ1n) is 6.17. The number of ether oxygens (including phenoxy) is 1. The zero-order valence-electron chi connectivity index (χ0n) is 11.1. The molecule has 106 valence electrons. The molecule has 2 rings (SSSR count). The molecular weight excluding hydrogens is 260 g/mol. The fourth-order valence-corrected chi connectivity index (χ4v) is 1.65. The van der Waals surface area contributed by atoms with E-state index in [0.717, 1.165) is 5.56 Å². The van der Waals surface area contributed by atoms with Crippen molar-refractivity contribution in [3.63, 3.8) is 0 Å². The zero-order valence-corrected chi connectivity index (χ0v) is 11.1. The molecular formula is C13H16N4O3. The van der Waals surface area contributed by atoms with Crippen molar-refractivity contribution < 1.29 is 9.53 Å². The molecule has 0 saturated carbocycles. The molecule has 0 aliphatic heterocycles. The van der Waals surface area contributed by atoms with Crippen molar-refractivity contribution in [2.75, 3.05) is 13.7 Å². The monoisotopic (exact) mass is 276 g/mol. The molecule has 2 heterocycles. The summed E-state index contributed by atoms with van der Waals surface area (Å²) in [5.41, 5.74) is 0.909. The molecule has 0 spiro atoms. The lowest BCUT2D eigenvalue weighted by molar-refractivity contribution is 0.0942. The highest BCUT2D eigenvalue weighted by atomic mass is 16.5. The van der Waals surface area contributed by atoms with Crippen LogP contribution in [0, 0.1) is 0 Å². The Balaban J connectivity index is 2.03. The van der Waals surface area contributed by atoms with Crippen molar-refractivity contribution in [1.82, 2.24) is 20.1 Å². The third-order valence-electron chi connectivity index (χ3n) is 2.72. The Bertz CT molecular complexity index is 619. The standard InChI is InChI=1S/C13H16N4O3/c1-20-7-6-17-12(18)3-2-11(16-17)13(19)15-9-10-4-5-14-8-10/h2-5,8,14H,6-7,9H2,1H3,(H,15,19). The van der Waals surface area contributed by atoms with Gasteiger partial charge in [0.1, 0.15) is 5.69 Å². The minimum absolute atomic E-state index is 0.205. The fourth-order valence-electron chi connectivity index (χ4n) is 1.65. The largest absolute Gasteiger partial charge is 0.383 e. The molecule has 0 unspecified atom stereocenters. The molecule has 0 aliphatic rings. The molecule has 20 heavy (non-hydrogen) atoms. The molecule has 0 radical (unpaired) electrons. The molecule has 0 bridgehead atoms. The van der Waals surface area contributed by atoms with Crippen molar-refractivity contribution in [2.24, 2.45) is 0 Å². The van der Waals surface area contributed by atoms with Crippen LogP contribution in [-0.4, -0.2) is 34.4 Å². The minimum atomic E-state index is -0.322. The molecule has 0 saturated heterocycles. The number of hydrogen-bond acceptors (Lipinski definition) is 4. The number of rotatable bonds is 6. The van der Waals surface area contributed by atoms with E-state index in [1.807, 2.05) is 6.07 Å². The van der Waals surface area contributed by atoms with E-state index in [0.29, 0.717) is 19.7 Å². The second kappa shape index (κ2) is 6.67. The van der Waals surface area contributed by atoms with Gasteiger partial charge in [-0.3, -0.25) is 9.59 Å². The second-order valence-electron chi connectivity index (χ2n) is 4.17. The van der Waals surface area contributed by atoms with E-state index in [1.165, 1.54) is 16.8 Å². The Labute approximate surface area is 115 Å². The quantitative estimate of drug-likeness (QED) is 0.786. The first-order valence-corrected chi connectivity index (χ1v) is 6.17. The molecule has 0 aliphatic carbocycles. The Morgan fingerprint density at radius 3 is 3.00 bits per heavy atom. The Kier molecular flexibility index (Phi) is 4.67. The van der Waals surface area contributed by atoms with Crippen LogP contribution in [0.2, 0.25) is 0 Å². The van der Waals surface area contributed by atoms with Crippen LogP contribution in [0.25, 0.3) is 0 Å². The Morgan fingerprint density at radius 1 is 1.45 bits per heavy atom. The summed E-state index contributed by atoms with van der Waals surface area (Å²) in [7, 11) is 1.54. The van der Waals surface area contributed by atoms with E-state index in [9.17, 15) is 9.59 Å². The van der Waals surface area contributed by atoms with Gasteiger partial charge in [-0.2, -0.15) is 5.10 Å². The number of aromatic amines is 1. The highest BCUT2D eigenvalue weighted by Crippen LogP contribution is 1.97. The van der Waals surface area contributed by atoms with Crippen LogP contribution in [-0.2, 0) is 17.8 Å². The third-order valence-corrected chi connectivity index (χ3v) is 2.72. The van der Waals surface area contributed by atoms with Crippen LogP contribution in [0.3, 0.4) is 0 Å². The predicted octanol–water partition coefficient (Wildman–Crippen LogP) is 0.148. The molecule has 2 aromatic rings. The van der Waals surface area contributed by atoms with Crippen LogP contribution < -0.4 is 10.9 Å². The lowest BCUT2D eigenvalue weighted by atomic mass is 10.3. The van der Waals surface area contributed by atoms with Gasteiger partial charge in [-0.1, -0.05) is 0 Å². The Hall–Kier alpha value is -2.41. The number of nitrogens with one attached hydrogen (secondary N) is 2. The van der Waals surface area contributed by atoms with E-state index in [-0.39, 0.29) is 17.2 Å². The van der Waals surface area contributed by atoms with Gasteiger partial charge in [-0.15, -0.1) is 0 Å². The number of H-pyrrole nitrogens is 1. The van der Waals surface area contributed by atoms with Crippen molar-refractivity contribution in [3.8, 4) is 0 Å². The minimum Gasteiger partial charge on any atom is -0.383 e. The smallest absolute Gasteiger partial charge is 0.271 e. The summed E-state index contributed by atoms with van der Waals surface area (Å²) in [4.78, 5) is 26.4. The first kappa shape index (κ1) is 14.0. The maximum atomic E-state index is 11.9. The average molecular weight is 276 g/mol. The van der Waals surface area contributed by atoms with E-state index in [4.69, 9.17) is 4.74 Å². The second-order valence-corrected chi connectivity index (χ2v) is 4.17. The number of hydrogen-bond donors (Lipinski definition) is 2. The third kappa shape index (κ3) is 3.55. The number of methoxy groups -OCH3 is 1. The predicted molar refractivity (Wildman–Crippen MR) is 72.3 cm³/mol. The molecule has 0 fully saturated rings. The van der Waals surface area contributed by atoms with Crippen molar-refractivity contribution in [2.45, 2.75) is 13.1 Å². The molecule has 2 N–H and O–H groups in total. The summed E-state index contributed by atoms with van der Waals surface area (Å²) < 4.78 is 6.11. The van der Waals surface area contributed by atoms with Gasteiger partial charge in [0.25, 0.3) is 11.5 Å². The average Bonchev–Trinajstić information content (AvgIpc) is 2.97. The fraction of sp³-hybridized carbons (Fsp3) is 0.308. The summed E-state index contributed by atoms with van der Waals surface area (Å²) in [5, 5.41) is 6.75. The van der Waals surface area contributed by atoms with Gasteiger partial charge in [-0.05, 0) is 17.7 Å². The molecule has 7 nitrogen and oxygen atoms in total. The molecule has 0 aromatic carbocycles. The summed E-state index contributed by atoms with van der Waals surface area (Å²) in [6, 6.07) is 4.61. The van der Waals surface area contributed by atoms with Gasteiger partial charge in [-0.25, -0.2) is 4.68 Å². The van der Waals surface area contributed by atoms with Crippen LogP contribution in [0.5, 0.6) is 0 Å². The van der Waals surface area contributed by atoms with Gasteiger partial charge in [0.15, 0.2) is 0 Å². The summed E-state index contributed by atoms with van der Waals surface area (Å²) >= 11 is 0. The van der Waals surface area contributed by atoms with Gasteiger partial charge in [0.2, 0.25) is 0 Å². The lowest BCUT2D eigenvalue weighted by Crippen LogP contribution is -2.30. The summed E-state index contributed by atoms with van der Waals surface area (Å²) in [6.07, 6.45) is 3.58. The van der Waals surface area contributed by atoms with E-state index in [1.54, 1.807) is 19.5 Å². The van der Waals surface area contributed by atoms with E-state index >= 15 is 0 Å². The topological polar surface area (TPSA) is 89.0 Å². The van der Waals surface area contributed by atoms with Crippen LogP contribution in [0.1, 0.15) is 16.1 Å². The molecule has 7 heteroatoms. The zero-order chi connectivity index (χ0) is 14.4. The molecule has 2 aromatic heterocycles.